The molecule has 0 aliphatic carbocycles. The molecule has 1 aromatic heterocycles. The summed E-state index contributed by atoms with van der Waals surface area (Å²) in [5.41, 5.74) is 0.688. The SMILES string of the molecule is CCOc1ccc(N=C=S)cn1. The van der Waals surface area contributed by atoms with Gasteiger partial charge in [0, 0.05) is 6.07 Å². The highest BCUT2D eigenvalue weighted by atomic mass is 32.1. The molecule has 1 heterocycles. The van der Waals surface area contributed by atoms with Crippen LogP contribution in [0.1, 0.15) is 6.92 Å². The Kier molecular flexibility index (Phi) is 3.38. The number of rotatable bonds is 3. The average molecular weight is 180 g/mol. The maximum atomic E-state index is 5.14. The Labute approximate surface area is 76.1 Å². The monoisotopic (exact) mass is 180 g/mol. The highest BCUT2D eigenvalue weighted by Gasteiger charge is 1.92. The third-order valence-electron chi connectivity index (χ3n) is 1.19. The van der Waals surface area contributed by atoms with Crippen molar-refractivity contribution in [1.82, 2.24) is 4.98 Å². The van der Waals surface area contributed by atoms with E-state index in [9.17, 15) is 0 Å². The number of nitrogens with zero attached hydrogens (tertiary/aromatic N) is 2. The fourth-order valence-corrected chi connectivity index (χ4v) is 0.830. The largest absolute Gasteiger partial charge is 0.478 e. The smallest absolute Gasteiger partial charge is 0.213 e. The van der Waals surface area contributed by atoms with Gasteiger partial charge in [-0.1, -0.05) is 0 Å². The molecule has 0 fully saturated rings. The zero-order chi connectivity index (χ0) is 8.81. The molecule has 0 N–H and O–H groups in total. The van der Waals surface area contributed by atoms with Crippen molar-refractivity contribution in [3.63, 3.8) is 0 Å². The van der Waals surface area contributed by atoms with Crippen LogP contribution >= 0.6 is 12.2 Å². The normalized spacial score (nSPS) is 8.75. The van der Waals surface area contributed by atoms with Crippen LogP contribution in [0.4, 0.5) is 5.69 Å². The lowest BCUT2D eigenvalue weighted by atomic mass is 10.4. The summed E-state index contributed by atoms with van der Waals surface area (Å²) >= 11 is 4.44. The van der Waals surface area contributed by atoms with Gasteiger partial charge in [-0.05, 0) is 25.2 Å². The van der Waals surface area contributed by atoms with Crippen LogP contribution in [-0.4, -0.2) is 16.8 Å². The lowest BCUT2D eigenvalue weighted by molar-refractivity contribution is 0.327. The van der Waals surface area contributed by atoms with Gasteiger partial charge in [-0.3, -0.25) is 0 Å². The number of ether oxygens (including phenoxy) is 1. The Morgan fingerprint density at radius 3 is 3.00 bits per heavy atom. The maximum absolute atomic E-state index is 5.14. The minimum Gasteiger partial charge on any atom is -0.478 e. The molecule has 0 aromatic carbocycles. The molecule has 12 heavy (non-hydrogen) atoms. The van der Waals surface area contributed by atoms with Crippen LogP contribution in [0.15, 0.2) is 23.3 Å². The van der Waals surface area contributed by atoms with Crippen molar-refractivity contribution >= 4 is 23.1 Å². The van der Waals surface area contributed by atoms with Gasteiger partial charge in [0.1, 0.15) is 0 Å². The summed E-state index contributed by atoms with van der Waals surface area (Å²) in [7, 11) is 0. The number of hydrogen-bond donors (Lipinski definition) is 0. The van der Waals surface area contributed by atoms with E-state index in [4.69, 9.17) is 4.74 Å². The van der Waals surface area contributed by atoms with E-state index in [0.29, 0.717) is 18.2 Å². The molecule has 62 valence electrons. The number of isothiocyanates is 1. The molecule has 4 heteroatoms. The van der Waals surface area contributed by atoms with E-state index in [0.717, 1.165) is 0 Å². The first-order valence-electron chi connectivity index (χ1n) is 3.53. The Morgan fingerprint density at radius 2 is 2.50 bits per heavy atom. The summed E-state index contributed by atoms with van der Waals surface area (Å²) in [6.07, 6.45) is 1.59. The van der Waals surface area contributed by atoms with Gasteiger partial charge < -0.3 is 4.74 Å². The summed E-state index contributed by atoms with van der Waals surface area (Å²) in [6, 6.07) is 3.52. The third-order valence-corrected chi connectivity index (χ3v) is 1.28. The van der Waals surface area contributed by atoms with Crippen LogP contribution in [0.2, 0.25) is 0 Å². The molecule has 0 atom stereocenters. The molecule has 0 bridgehead atoms. The molecular weight excluding hydrogens is 172 g/mol. The van der Waals surface area contributed by atoms with Gasteiger partial charge >= 0.3 is 0 Å². The van der Waals surface area contributed by atoms with Crippen LogP contribution in [0.3, 0.4) is 0 Å². The molecule has 0 saturated heterocycles. The van der Waals surface area contributed by atoms with Crippen molar-refractivity contribution in [2.45, 2.75) is 6.92 Å². The van der Waals surface area contributed by atoms with Crippen LogP contribution in [-0.2, 0) is 0 Å². The third kappa shape index (κ3) is 2.42. The van der Waals surface area contributed by atoms with Crippen molar-refractivity contribution < 1.29 is 4.74 Å². The first kappa shape index (κ1) is 8.84. The summed E-state index contributed by atoms with van der Waals surface area (Å²) < 4.78 is 5.14. The predicted molar refractivity (Wildman–Crippen MR) is 50.1 cm³/mol. The molecule has 1 aromatic rings. The van der Waals surface area contributed by atoms with Gasteiger partial charge in [0.25, 0.3) is 0 Å². The second-order valence-corrected chi connectivity index (χ2v) is 2.17. The number of hydrogen-bond acceptors (Lipinski definition) is 4. The van der Waals surface area contributed by atoms with E-state index in [2.05, 4.69) is 27.4 Å². The molecule has 0 aliphatic rings. The van der Waals surface area contributed by atoms with Gasteiger partial charge in [-0.2, -0.15) is 4.99 Å². The standard InChI is InChI=1S/C8H8N2OS/c1-2-11-8-4-3-7(5-9-8)10-6-12/h3-5H,2H2,1H3. The first-order chi connectivity index (χ1) is 5.86. The zero-order valence-corrected chi connectivity index (χ0v) is 7.47. The Hall–Kier alpha value is -1.25. The minimum absolute atomic E-state index is 0.598. The fraction of sp³-hybridized carbons (Fsp3) is 0.250. The summed E-state index contributed by atoms with van der Waals surface area (Å²) in [4.78, 5) is 7.74. The van der Waals surface area contributed by atoms with Crippen molar-refractivity contribution in [2.75, 3.05) is 6.61 Å². The van der Waals surface area contributed by atoms with Crippen LogP contribution in [0, 0.1) is 0 Å². The Morgan fingerprint density at radius 1 is 1.67 bits per heavy atom. The summed E-state index contributed by atoms with van der Waals surface area (Å²) in [6.45, 7) is 2.52. The maximum Gasteiger partial charge on any atom is 0.213 e. The van der Waals surface area contributed by atoms with Gasteiger partial charge in [0.2, 0.25) is 5.88 Å². The van der Waals surface area contributed by atoms with E-state index in [1.165, 1.54) is 0 Å². The van der Waals surface area contributed by atoms with Crippen molar-refractivity contribution in [3.05, 3.63) is 18.3 Å². The fourth-order valence-electron chi connectivity index (χ4n) is 0.725. The molecule has 0 saturated carbocycles. The average Bonchev–Trinajstić information content (AvgIpc) is 2.09. The summed E-state index contributed by atoms with van der Waals surface area (Å²) in [5, 5.41) is 2.26. The topological polar surface area (TPSA) is 34.5 Å². The van der Waals surface area contributed by atoms with Gasteiger partial charge in [0.05, 0.1) is 23.7 Å². The van der Waals surface area contributed by atoms with Crippen LogP contribution in [0.5, 0.6) is 5.88 Å². The van der Waals surface area contributed by atoms with E-state index >= 15 is 0 Å². The molecule has 1 rings (SSSR count). The van der Waals surface area contributed by atoms with Crippen molar-refractivity contribution in [3.8, 4) is 5.88 Å². The predicted octanol–water partition coefficient (Wildman–Crippen LogP) is 2.21. The second-order valence-electron chi connectivity index (χ2n) is 1.99. The van der Waals surface area contributed by atoms with E-state index in [-0.39, 0.29) is 0 Å². The lowest BCUT2D eigenvalue weighted by Gasteiger charge is -1.99. The second kappa shape index (κ2) is 4.59. The van der Waals surface area contributed by atoms with Crippen molar-refractivity contribution in [1.29, 1.82) is 0 Å². The van der Waals surface area contributed by atoms with E-state index in [1.807, 2.05) is 6.92 Å². The number of aliphatic imine (C=N–C) groups is 1. The first-order valence-corrected chi connectivity index (χ1v) is 3.94. The zero-order valence-electron chi connectivity index (χ0n) is 6.65. The molecule has 3 nitrogen and oxygen atoms in total. The number of aromatic nitrogens is 1. The van der Waals surface area contributed by atoms with Gasteiger partial charge in [-0.15, -0.1) is 0 Å². The molecular formula is C8H8N2OS. The molecule has 0 radical (unpaired) electrons. The van der Waals surface area contributed by atoms with Gasteiger partial charge in [0.15, 0.2) is 0 Å². The summed E-state index contributed by atoms with van der Waals surface area (Å²) in [5.74, 6) is 0.598. The van der Waals surface area contributed by atoms with E-state index < -0.39 is 0 Å². The molecule has 0 spiro atoms. The Balaban J connectivity index is 2.77. The molecule has 0 unspecified atom stereocenters. The van der Waals surface area contributed by atoms with Crippen molar-refractivity contribution in [2.24, 2.45) is 4.99 Å². The Bertz CT molecular complexity index is 290. The molecule has 0 aliphatic heterocycles. The minimum atomic E-state index is 0.598. The highest BCUT2D eigenvalue weighted by Crippen LogP contribution is 2.13. The van der Waals surface area contributed by atoms with Crippen LogP contribution < -0.4 is 4.74 Å². The highest BCUT2D eigenvalue weighted by molar-refractivity contribution is 7.78. The lowest BCUT2D eigenvalue weighted by Crippen LogP contribution is -1.92. The molecule has 0 amide bonds. The number of thiocarbonyl (C=S) groups is 1. The number of pyridine rings is 1. The van der Waals surface area contributed by atoms with Crippen LogP contribution in [0.25, 0.3) is 0 Å². The van der Waals surface area contributed by atoms with Gasteiger partial charge in [-0.25, -0.2) is 4.98 Å². The van der Waals surface area contributed by atoms with E-state index in [1.54, 1.807) is 18.3 Å². The quantitative estimate of drug-likeness (QED) is 0.528.